The lowest BCUT2D eigenvalue weighted by Gasteiger charge is -2.29. The van der Waals surface area contributed by atoms with Crippen molar-refractivity contribution in [3.05, 3.63) is 59.1 Å². The first kappa shape index (κ1) is 20.7. The molecule has 2 aromatic rings. The summed E-state index contributed by atoms with van der Waals surface area (Å²) in [5.74, 6) is -0.382. The summed E-state index contributed by atoms with van der Waals surface area (Å²) in [4.78, 5) is 37.5. The SMILES string of the molecule is O=C(Cc1ccccc1)NCCC(=O)Nc1ccc(N2CCNC(=O)C2)c(Cl)c1. The summed E-state index contributed by atoms with van der Waals surface area (Å²) in [6, 6.07) is 14.6. The fraction of sp³-hybridized carbons (Fsp3) is 0.286. The highest BCUT2D eigenvalue weighted by molar-refractivity contribution is 6.33. The molecule has 0 atom stereocenters. The highest BCUT2D eigenvalue weighted by Crippen LogP contribution is 2.29. The predicted octanol–water partition coefficient (Wildman–Crippen LogP) is 1.96. The summed E-state index contributed by atoms with van der Waals surface area (Å²) in [5, 5.41) is 8.75. The Bertz CT molecular complexity index is 889. The smallest absolute Gasteiger partial charge is 0.239 e. The molecule has 1 aliphatic rings. The van der Waals surface area contributed by atoms with Crippen molar-refractivity contribution in [3.63, 3.8) is 0 Å². The molecule has 0 bridgehead atoms. The maximum absolute atomic E-state index is 12.1. The average molecular weight is 415 g/mol. The van der Waals surface area contributed by atoms with Crippen molar-refractivity contribution >= 4 is 40.7 Å². The molecule has 0 radical (unpaired) electrons. The van der Waals surface area contributed by atoms with Gasteiger partial charge in [0.15, 0.2) is 0 Å². The van der Waals surface area contributed by atoms with Gasteiger partial charge in [-0.1, -0.05) is 41.9 Å². The molecule has 8 heteroatoms. The molecule has 29 heavy (non-hydrogen) atoms. The Morgan fingerprint density at radius 1 is 1.10 bits per heavy atom. The number of rotatable bonds is 7. The van der Waals surface area contributed by atoms with E-state index >= 15 is 0 Å². The van der Waals surface area contributed by atoms with Gasteiger partial charge in [-0.3, -0.25) is 14.4 Å². The lowest BCUT2D eigenvalue weighted by Crippen LogP contribution is -2.47. The van der Waals surface area contributed by atoms with E-state index in [1.807, 2.05) is 35.2 Å². The first-order valence-corrected chi connectivity index (χ1v) is 9.81. The minimum atomic E-state index is -0.217. The lowest BCUT2D eigenvalue weighted by atomic mass is 10.1. The highest BCUT2D eigenvalue weighted by Gasteiger charge is 2.18. The van der Waals surface area contributed by atoms with E-state index in [0.29, 0.717) is 23.8 Å². The maximum Gasteiger partial charge on any atom is 0.239 e. The zero-order valence-electron chi connectivity index (χ0n) is 15.9. The summed E-state index contributed by atoms with van der Waals surface area (Å²) in [6.45, 7) is 1.77. The van der Waals surface area contributed by atoms with Crippen molar-refractivity contribution < 1.29 is 14.4 Å². The number of hydrogen-bond donors (Lipinski definition) is 3. The van der Waals surface area contributed by atoms with E-state index in [2.05, 4.69) is 16.0 Å². The van der Waals surface area contributed by atoms with Gasteiger partial charge in [0, 0.05) is 31.7 Å². The van der Waals surface area contributed by atoms with Gasteiger partial charge < -0.3 is 20.9 Å². The number of piperazine rings is 1. The van der Waals surface area contributed by atoms with Crippen LogP contribution in [0.4, 0.5) is 11.4 Å². The normalized spacial score (nSPS) is 13.6. The Hall–Kier alpha value is -3.06. The highest BCUT2D eigenvalue weighted by atomic mass is 35.5. The fourth-order valence-electron chi connectivity index (χ4n) is 3.07. The third-order valence-electron chi connectivity index (χ3n) is 4.49. The third kappa shape index (κ3) is 6.22. The van der Waals surface area contributed by atoms with Crippen molar-refractivity contribution in [2.45, 2.75) is 12.8 Å². The van der Waals surface area contributed by atoms with Crippen molar-refractivity contribution in [3.8, 4) is 0 Å². The van der Waals surface area contributed by atoms with Crippen LogP contribution in [0, 0.1) is 0 Å². The molecule has 0 aliphatic carbocycles. The molecule has 1 fully saturated rings. The lowest BCUT2D eigenvalue weighted by molar-refractivity contribution is -0.121. The van der Waals surface area contributed by atoms with Gasteiger partial charge in [-0.25, -0.2) is 0 Å². The van der Waals surface area contributed by atoms with Crippen LogP contribution in [0.15, 0.2) is 48.5 Å². The van der Waals surface area contributed by atoms with Crippen LogP contribution in [0.2, 0.25) is 5.02 Å². The largest absolute Gasteiger partial charge is 0.359 e. The van der Waals surface area contributed by atoms with Crippen LogP contribution >= 0.6 is 11.6 Å². The molecule has 1 saturated heterocycles. The van der Waals surface area contributed by atoms with Gasteiger partial charge in [-0.05, 0) is 23.8 Å². The molecule has 2 aromatic carbocycles. The monoisotopic (exact) mass is 414 g/mol. The van der Waals surface area contributed by atoms with Gasteiger partial charge in [0.05, 0.1) is 23.7 Å². The van der Waals surface area contributed by atoms with E-state index in [1.165, 1.54) is 0 Å². The number of carbonyl (C=O) groups is 3. The van der Waals surface area contributed by atoms with Crippen LogP contribution in [0.5, 0.6) is 0 Å². The van der Waals surface area contributed by atoms with E-state index in [0.717, 1.165) is 11.3 Å². The second-order valence-corrected chi connectivity index (χ2v) is 7.16. The van der Waals surface area contributed by atoms with Gasteiger partial charge in [0.1, 0.15) is 0 Å². The fourth-order valence-corrected chi connectivity index (χ4v) is 3.37. The molecule has 152 valence electrons. The Balaban J connectivity index is 1.45. The first-order chi connectivity index (χ1) is 14.0. The summed E-state index contributed by atoms with van der Waals surface area (Å²) in [6.07, 6.45) is 0.445. The number of nitrogens with one attached hydrogen (secondary N) is 3. The Kier molecular flexibility index (Phi) is 7.08. The number of hydrogen-bond acceptors (Lipinski definition) is 4. The topological polar surface area (TPSA) is 90.5 Å². The second kappa shape index (κ2) is 9.93. The molecule has 3 rings (SSSR count). The quantitative estimate of drug-likeness (QED) is 0.646. The van der Waals surface area contributed by atoms with E-state index in [4.69, 9.17) is 11.6 Å². The Morgan fingerprint density at radius 3 is 2.62 bits per heavy atom. The van der Waals surface area contributed by atoms with Gasteiger partial charge in [0.2, 0.25) is 17.7 Å². The zero-order valence-corrected chi connectivity index (χ0v) is 16.7. The summed E-state index contributed by atoms with van der Waals surface area (Å²) in [7, 11) is 0. The van der Waals surface area contributed by atoms with Crippen molar-refractivity contribution in [2.24, 2.45) is 0 Å². The molecule has 0 spiro atoms. The van der Waals surface area contributed by atoms with Crippen LogP contribution in [-0.2, 0) is 20.8 Å². The zero-order chi connectivity index (χ0) is 20.6. The molecule has 3 amide bonds. The van der Waals surface area contributed by atoms with Crippen molar-refractivity contribution in [2.75, 3.05) is 36.4 Å². The van der Waals surface area contributed by atoms with E-state index in [1.54, 1.807) is 18.2 Å². The molecule has 0 saturated carbocycles. The second-order valence-electron chi connectivity index (χ2n) is 6.75. The number of carbonyl (C=O) groups excluding carboxylic acids is 3. The van der Waals surface area contributed by atoms with Crippen LogP contribution in [0.3, 0.4) is 0 Å². The van der Waals surface area contributed by atoms with Gasteiger partial charge in [-0.15, -0.1) is 0 Å². The minimum absolute atomic E-state index is 0.0426. The van der Waals surface area contributed by atoms with Crippen LogP contribution in [0.25, 0.3) is 0 Å². The van der Waals surface area contributed by atoms with Crippen LogP contribution in [0.1, 0.15) is 12.0 Å². The summed E-state index contributed by atoms with van der Waals surface area (Å²) < 4.78 is 0. The average Bonchev–Trinajstić information content (AvgIpc) is 2.69. The standard InChI is InChI=1S/C21H23ClN4O3/c22-17-13-16(6-7-18(17)26-11-10-24-21(29)14-26)25-19(27)8-9-23-20(28)12-15-4-2-1-3-5-15/h1-7,13H,8-12,14H2,(H,23,28)(H,24,29)(H,25,27). The van der Waals surface area contributed by atoms with Crippen LogP contribution in [-0.4, -0.2) is 43.9 Å². The molecule has 0 unspecified atom stereocenters. The van der Waals surface area contributed by atoms with E-state index in [9.17, 15) is 14.4 Å². The molecular formula is C21H23ClN4O3. The van der Waals surface area contributed by atoms with Crippen molar-refractivity contribution in [1.29, 1.82) is 0 Å². The molecule has 3 N–H and O–H groups in total. The number of nitrogens with zero attached hydrogens (tertiary/aromatic N) is 1. The maximum atomic E-state index is 12.1. The molecule has 7 nitrogen and oxygen atoms in total. The van der Waals surface area contributed by atoms with Crippen LogP contribution < -0.4 is 20.9 Å². The number of benzene rings is 2. The van der Waals surface area contributed by atoms with E-state index in [-0.39, 0.29) is 43.7 Å². The Morgan fingerprint density at radius 2 is 1.90 bits per heavy atom. The number of amides is 3. The minimum Gasteiger partial charge on any atom is -0.359 e. The molecule has 0 aromatic heterocycles. The van der Waals surface area contributed by atoms with Gasteiger partial charge >= 0.3 is 0 Å². The van der Waals surface area contributed by atoms with Gasteiger partial charge in [0.25, 0.3) is 0 Å². The molecular weight excluding hydrogens is 392 g/mol. The number of halogens is 1. The molecule has 1 heterocycles. The van der Waals surface area contributed by atoms with Gasteiger partial charge in [-0.2, -0.15) is 0 Å². The summed E-state index contributed by atoms with van der Waals surface area (Å²) >= 11 is 6.34. The first-order valence-electron chi connectivity index (χ1n) is 9.43. The van der Waals surface area contributed by atoms with E-state index < -0.39 is 0 Å². The number of anilines is 2. The summed E-state index contributed by atoms with van der Waals surface area (Å²) in [5.41, 5.74) is 2.25. The molecule has 1 aliphatic heterocycles. The third-order valence-corrected chi connectivity index (χ3v) is 4.79. The Labute approximate surface area is 174 Å². The predicted molar refractivity (Wildman–Crippen MR) is 113 cm³/mol. The van der Waals surface area contributed by atoms with Crippen molar-refractivity contribution in [1.82, 2.24) is 10.6 Å².